The molecule has 190 valence electrons. The Hall–Kier alpha value is -2.00. The first-order valence-electron chi connectivity index (χ1n) is 13.8. The molecule has 1 aliphatic rings. The number of hydrogen-bond acceptors (Lipinski definition) is 3. The van der Waals surface area contributed by atoms with Gasteiger partial charge in [0.2, 0.25) is 0 Å². The zero-order chi connectivity index (χ0) is 24.4. The third-order valence-corrected chi connectivity index (χ3v) is 6.69. The highest BCUT2D eigenvalue weighted by Gasteiger charge is 2.28. The second kappa shape index (κ2) is 17.4. The van der Waals surface area contributed by atoms with Crippen LogP contribution in [0.25, 0.3) is 0 Å². The molecule has 0 bridgehead atoms. The van der Waals surface area contributed by atoms with Crippen molar-refractivity contribution in [2.45, 2.75) is 96.9 Å². The monoisotopic (exact) mass is 466 g/mol. The van der Waals surface area contributed by atoms with Gasteiger partial charge in [0.1, 0.15) is 0 Å². The van der Waals surface area contributed by atoms with Crippen molar-refractivity contribution in [2.24, 2.45) is 5.92 Å². The van der Waals surface area contributed by atoms with Crippen LogP contribution < -0.4 is 10.6 Å². The topological polar surface area (TPSA) is 33.3 Å². The van der Waals surface area contributed by atoms with Gasteiger partial charge in [0.15, 0.2) is 0 Å². The molecule has 0 saturated carbocycles. The predicted molar refractivity (Wildman–Crippen MR) is 148 cm³/mol. The summed E-state index contributed by atoms with van der Waals surface area (Å²) in [7, 11) is 0. The number of allylic oxidation sites excluding steroid dienone is 3. The van der Waals surface area contributed by atoms with E-state index in [1.54, 1.807) is 0 Å². The molecule has 0 amide bonds. The summed E-state index contributed by atoms with van der Waals surface area (Å²) >= 11 is 0. The quantitative estimate of drug-likeness (QED) is 0.203. The number of unbranched alkanes of at least 4 members (excludes halogenated alkanes) is 7. The maximum atomic E-state index is 5.84. The Morgan fingerprint density at radius 1 is 0.941 bits per heavy atom. The van der Waals surface area contributed by atoms with E-state index in [4.69, 9.17) is 4.74 Å². The lowest BCUT2D eigenvalue weighted by Crippen LogP contribution is -2.43. The molecule has 3 heteroatoms. The fraction of sp³-hybridized carbons (Fsp3) is 0.613. The van der Waals surface area contributed by atoms with E-state index >= 15 is 0 Å². The molecule has 1 aliphatic carbocycles. The predicted octanol–water partition coefficient (Wildman–Crippen LogP) is 7.88. The van der Waals surface area contributed by atoms with Crippen LogP contribution in [0.15, 0.2) is 66.5 Å². The average Bonchev–Trinajstić information content (AvgIpc) is 2.85. The first kappa shape index (κ1) is 28.2. The molecular formula is C31H50N2O. The highest BCUT2D eigenvalue weighted by atomic mass is 16.5. The SMILES string of the molecule is C=C(NCCOCCCCCCCCCC)NC(C(C)C)C(C1=CCCC=C1)c1ccccc1. The summed E-state index contributed by atoms with van der Waals surface area (Å²) < 4.78 is 5.84. The molecule has 0 aromatic heterocycles. The summed E-state index contributed by atoms with van der Waals surface area (Å²) in [5, 5.41) is 7.16. The first-order chi connectivity index (χ1) is 16.6. The van der Waals surface area contributed by atoms with Crippen molar-refractivity contribution in [2.75, 3.05) is 19.8 Å². The molecule has 2 atom stereocenters. The van der Waals surface area contributed by atoms with E-state index in [-0.39, 0.29) is 6.04 Å². The minimum Gasteiger partial charge on any atom is -0.380 e. The van der Waals surface area contributed by atoms with Crippen molar-refractivity contribution in [3.8, 4) is 0 Å². The van der Waals surface area contributed by atoms with Gasteiger partial charge in [-0.25, -0.2) is 0 Å². The Kier molecular flexibility index (Phi) is 14.5. The minimum absolute atomic E-state index is 0.259. The zero-order valence-corrected chi connectivity index (χ0v) is 22.2. The molecule has 0 aliphatic heterocycles. The van der Waals surface area contributed by atoms with E-state index in [2.05, 4.69) is 86.5 Å². The van der Waals surface area contributed by atoms with Crippen LogP contribution in [-0.4, -0.2) is 25.8 Å². The average molecular weight is 467 g/mol. The van der Waals surface area contributed by atoms with Gasteiger partial charge in [-0.15, -0.1) is 0 Å². The van der Waals surface area contributed by atoms with Gasteiger partial charge in [-0.1, -0.05) is 121 Å². The van der Waals surface area contributed by atoms with Crippen LogP contribution in [0.1, 0.15) is 96.5 Å². The molecule has 0 fully saturated rings. The van der Waals surface area contributed by atoms with E-state index in [1.165, 1.54) is 62.5 Å². The highest BCUT2D eigenvalue weighted by Crippen LogP contribution is 2.34. The Bertz CT molecular complexity index is 722. The molecular weight excluding hydrogens is 416 g/mol. The fourth-order valence-electron chi connectivity index (χ4n) is 4.73. The van der Waals surface area contributed by atoms with Crippen molar-refractivity contribution in [1.29, 1.82) is 0 Å². The summed E-state index contributed by atoms with van der Waals surface area (Å²) in [6, 6.07) is 11.1. The third kappa shape index (κ3) is 11.0. The number of ether oxygens (including phenoxy) is 1. The van der Waals surface area contributed by atoms with Gasteiger partial charge in [-0.05, 0) is 36.3 Å². The second-order valence-corrected chi connectivity index (χ2v) is 9.98. The highest BCUT2D eigenvalue weighted by molar-refractivity contribution is 5.39. The Balaban J connectivity index is 1.73. The summed E-state index contributed by atoms with van der Waals surface area (Å²) in [6.45, 7) is 13.5. The van der Waals surface area contributed by atoms with E-state index in [1.807, 2.05) is 0 Å². The molecule has 2 rings (SSSR count). The maximum absolute atomic E-state index is 5.84. The smallest absolute Gasteiger partial charge is 0.0915 e. The van der Waals surface area contributed by atoms with Gasteiger partial charge in [0.25, 0.3) is 0 Å². The fourth-order valence-corrected chi connectivity index (χ4v) is 4.73. The summed E-state index contributed by atoms with van der Waals surface area (Å²) in [6.07, 6.45) is 20.0. The van der Waals surface area contributed by atoms with Crippen molar-refractivity contribution in [3.05, 3.63) is 72.1 Å². The molecule has 2 unspecified atom stereocenters. The van der Waals surface area contributed by atoms with Gasteiger partial charge >= 0.3 is 0 Å². The van der Waals surface area contributed by atoms with Gasteiger partial charge in [-0.3, -0.25) is 0 Å². The number of benzene rings is 1. The Morgan fingerprint density at radius 2 is 1.65 bits per heavy atom. The lowest BCUT2D eigenvalue weighted by molar-refractivity contribution is 0.132. The van der Waals surface area contributed by atoms with E-state index in [0.717, 1.165) is 38.4 Å². The van der Waals surface area contributed by atoms with Gasteiger partial charge in [0, 0.05) is 25.1 Å². The van der Waals surface area contributed by atoms with Crippen LogP contribution in [-0.2, 0) is 4.74 Å². The van der Waals surface area contributed by atoms with E-state index in [9.17, 15) is 0 Å². The van der Waals surface area contributed by atoms with Crippen molar-refractivity contribution in [1.82, 2.24) is 10.6 Å². The van der Waals surface area contributed by atoms with Crippen LogP contribution >= 0.6 is 0 Å². The lowest BCUT2D eigenvalue weighted by atomic mass is 9.78. The van der Waals surface area contributed by atoms with Gasteiger partial charge in [0.05, 0.1) is 12.4 Å². The first-order valence-corrected chi connectivity index (χ1v) is 13.8. The van der Waals surface area contributed by atoms with Crippen LogP contribution in [0.4, 0.5) is 0 Å². The molecule has 0 heterocycles. The van der Waals surface area contributed by atoms with Crippen molar-refractivity contribution < 1.29 is 4.74 Å². The van der Waals surface area contributed by atoms with E-state index in [0.29, 0.717) is 11.8 Å². The Morgan fingerprint density at radius 3 is 2.29 bits per heavy atom. The van der Waals surface area contributed by atoms with Crippen molar-refractivity contribution in [3.63, 3.8) is 0 Å². The van der Waals surface area contributed by atoms with Crippen LogP contribution in [0.3, 0.4) is 0 Å². The molecule has 3 nitrogen and oxygen atoms in total. The number of rotatable bonds is 19. The largest absolute Gasteiger partial charge is 0.380 e. The Labute approximate surface area is 210 Å². The molecule has 34 heavy (non-hydrogen) atoms. The van der Waals surface area contributed by atoms with Gasteiger partial charge < -0.3 is 15.4 Å². The van der Waals surface area contributed by atoms with E-state index < -0.39 is 0 Å². The molecule has 1 aromatic carbocycles. The second-order valence-electron chi connectivity index (χ2n) is 9.98. The lowest BCUT2D eigenvalue weighted by Gasteiger charge is -2.34. The number of nitrogens with one attached hydrogen (secondary N) is 2. The third-order valence-electron chi connectivity index (χ3n) is 6.69. The molecule has 0 spiro atoms. The summed E-state index contributed by atoms with van der Waals surface area (Å²) in [4.78, 5) is 0. The standard InChI is InChI=1S/C31H50N2O/c1-5-6-7-8-9-10-11-18-24-34-25-23-32-27(4)33-31(26(2)3)30(28-19-14-12-15-20-28)29-21-16-13-17-22-29/h12,14-16,19-22,26,30-33H,4-11,13,17-18,23-25H2,1-3H3. The maximum Gasteiger partial charge on any atom is 0.0915 e. The minimum atomic E-state index is 0.259. The van der Waals surface area contributed by atoms with Crippen molar-refractivity contribution >= 4 is 0 Å². The van der Waals surface area contributed by atoms with Crippen LogP contribution in [0.5, 0.6) is 0 Å². The van der Waals surface area contributed by atoms with Gasteiger partial charge in [-0.2, -0.15) is 0 Å². The normalized spacial score (nSPS) is 15.1. The van der Waals surface area contributed by atoms with Crippen LogP contribution in [0, 0.1) is 5.92 Å². The molecule has 1 aromatic rings. The summed E-state index contributed by atoms with van der Waals surface area (Å²) in [5.74, 6) is 1.64. The molecule has 2 N–H and O–H groups in total. The number of hydrogen-bond donors (Lipinski definition) is 2. The van der Waals surface area contributed by atoms with Crippen LogP contribution in [0.2, 0.25) is 0 Å². The zero-order valence-electron chi connectivity index (χ0n) is 22.2. The summed E-state index contributed by atoms with van der Waals surface area (Å²) in [5.41, 5.74) is 2.76. The molecule has 0 saturated heterocycles. The molecule has 0 radical (unpaired) electrons.